The highest BCUT2D eigenvalue weighted by Gasteiger charge is 2.56. The van der Waals surface area contributed by atoms with Gasteiger partial charge in [-0.2, -0.15) is 0 Å². The van der Waals surface area contributed by atoms with Crippen LogP contribution in [-0.4, -0.2) is 6.54 Å². The van der Waals surface area contributed by atoms with E-state index in [0.29, 0.717) is 5.41 Å². The van der Waals surface area contributed by atoms with E-state index in [2.05, 4.69) is 40.2 Å². The average Bonchev–Trinajstić information content (AvgIpc) is 2.15. The van der Waals surface area contributed by atoms with E-state index >= 15 is 0 Å². The van der Waals surface area contributed by atoms with Crippen LogP contribution in [0.2, 0.25) is 0 Å². The molecule has 16 heavy (non-hydrogen) atoms. The Kier molecular flexibility index (Phi) is 2.41. The summed E-state index contributed by atoms with van der Waals surface area (Å²) in [5, 5.41) is 0. The van der Waals surface area contributed by atoms with Crippen LogP contribution in [0.5, 0.6) is 0 Å². The lowest BCUT2D eigenvalue weighted by atomic mass is 9.44. The van der Waals surface area contributed by atoms with Crippen LogP contribution in [0.1, 0.15) is 37.7 Å². The molecule has 2 heteroatoms. The number of benzene rings is 1. The van der Waals surface area contributed by atoms with Crippen molar-refractivity contribution < 1.29 is 0 Å². The van der Waals surface area contributed by atoms with Crippen LogP contribution in [0.15, 0.2) is 28.7 Å². The van der Waals surface area contributed by atoms with Crippen molar-refractivity contribution in [1.82, 2.24) is 0 Å². The first-order valence-corrected chi connectivity index (χ1v) is 6.94. The zero-order chi connectivity index (χ0) is 11.2. The zero-order valence-corrected chi connectivity index (χ0v) is 11.1. The molecule has 0 unspecified atom stereocenters. The molecule has 1 nitrogen and oxygen atoms in total. The minimum atomic E-state index is 0.282. The van der Waals surface area contributed by atoms with E-state index in [1.54, 1.807) is 0 Å². The predicted molar refractivity (Wildman–Crippen MR) is 70.4 cm³/mol. The predicted octanol–water partition coefficient (Wildman–Crippen LogP) is 3.61. The second-order valence-corrected chi connectivity index (χ2v) is 6.62. The van der Waals surface area contributed by atoms with Gasteiger partial charge in [-0.1, -0.05) is 34.5 Å². The third-order valence-electron chi connectivity index (χ3n) is 4.67. The maximum Gasteiger partial charge on any atom is 0.0178 e. The van der Waals surface area contributed by atoms with Gasteiger partial charge in [-0.25, -0.2) is 0 Å². The Morgan fingerprint density at radius 2 is 2.00 bits per heavy atom. The molecule has 0 atom stereocenters. The van der Waals surface area contributed by atoms with Crippen LogP contribution < -0.4 is 5.73 Å². The first kappa shape index (κ1) is 10.8. The van der Waals surface area contributed by atoms with Gasteiger partial charge < -0.3 is 5.73 Å². The van der Waals surface area contributed by atoms with Gasteiger partial charge in [0.25, 0.3) is 0 Å². The van der Waals surface area contributed by atoms with Crippen LogP contribution in [0.3, 0.4) is 0 Å². The van der Waals surface area contributed by atoms with Crippen molar-refractivity contribution in [2.75, 3.05) is 6.54 Å². The number of nitrogens with two attached hydrogens (primary N) is 1. The van der Waals surface area contributed by atoms with Crippen LogP contribution >= 0.6 is 15.9 Å². The number of hydrogen-bond donors (Lipinski definition) is 1. The third kappa shape index (κ3) is 1.46. The Balaban J connectivity index is 1.87. The molecule has 0 aromatic heterocycles. The number of rotatable bonds is 2. The standard InChI is InChI=1S/C14H18BrN/c15-12-4-1-3-11(7-12)14(10-16)8-13(9-14)5-2-6-13/h1,3-4,7H,2,5-6,8-10,16H2. The Morgan fingerprint density at radius 3 is 2.50 bits per heavy atom. The SMILES string of the molecule is NCC1(c2cccc(Br)c2)CC2(CCC2)C1. The van der Waals surface area contributed by atoms with Crippen molar-refractivity contribution in [3.63, 3.8) is 0 Å². The van der Waals surface area contributed by atoms with E-state index in [-0.39, 0.29) is 5.41 Å². The van der Waals surface area contributed by atoms with E-state index in [1.165, 1.54) is 42.1 Å². The van der Waals surface area contributed by atoms with Gasteiger partial charge in [-0.05, 0) is 48.8 Å². The average molecular weight is 280 g/mol. The Labute approximate surface area is 106 Å². The molecule has 0 heterocycles. The molecule has 1 spiro atoms. The minimum Gasteiger partial charge on any atom is -0.330 e. The molecule has 2 N–H and O–H groups in total. The molecule has 2 fully saturated rings. The van der Waals surface area contributed by atoms with Crippen molar-refractivity contribution >= 4 is 15.9 Å². The summed E-state index contributed by atoms with van der Waals surface area (Å²) >= 11 is 3.56. The summed E-state index contributed by atoms with van der Waals surface area (Å²) in [6, 6.07) is 8.70. The summed E-state index contributed by atoms with van der Waals surface area (Å²) in [4.78, 5) is 0. The van der Waals surface area contributed by atoms with Gasteiger partial charge in [-0.3, -0.25) is 0 Å². The molecule has 1 aromatic carbocycles. The molecular formula is C14H18BrN. The van der Waals surface area contributed by atoms with E-state index in [0.717, 1.165) is 6.54 Å². The third-order valence-corrected chi connectivity index (χ3v) is 5.16. The second-order valence-electron chi connectivity index (χ2n) is 5.70. The van der Waals surface area contributed by atoms with Crippen molar-refractivity contribution in [2.24, 2.45) is 11.1 Å². The van der Waals surface area contributed by atoms with Crippen molar-refractivity contribution in [2.45, 2.75) is 37.5 Å². The van der Waals surface area contributed by atoms with Crippen molar-refractivity contribution in [3.8, 4) is 0 Å². The van der Waals surface area contributed by atoms with Gasteiger partial charge in [0.15, 0.2) is 0 Å². The van der Waals surface area contributed by atoms with E-state index in [9.17, 15) is 0 Å². The molecule has 0 bridgehead atoms. The summed E-state index contributed by atoms with van der Waals surface area (Å²) < 4.78 is 1.17. The van der Waals surface area contributed by atoms with Gasteiger partial charge in [0.1, 0.15) is 0 Å². The van der Waals surface area contributed by atoms with Gasteiger partial charge in [0.2, 0.25) is 0 Å². The van der Waals surface area contributed by atoms with Crippen LogP contribution in [-0.2, 0) is 5.41 Å². The van der Waals surface area contributed by atoms with Gasteiger partial charge in [0.05, 0.1) is 0 Å². The molecular weight excluding hydrogens is 262 g/mol. The first-order valence-electron chi connectivity index (χ1n) is 6.14. The lowest BCUT2D eigenvalue weighted by Gasteiger charge is -2.61. The fourth-order valence-corrected chi connectivity index (χ4v) is 4.10. The summed E-state index contributed by atoms with van der Waals surface area (Å²) in [6.45, 7) is 0.797. The topological polar surface area (TPSA) is 26.0 Å². The van der Waals surface area contributed by atoms with Crippen molar-refractivity contribution in [1.29, 1.82) is 0 Å². The lowest BCUT2D eigenvalue weighted by molar-refractivity contribution is -0.0446. The smallest absolute Gasteiger partial charge is 0.0178 e. The molecule has 0 radical (unpaired) electrons. The molecule has 2 aliphatic carbocycles. The number of hydrogen-bond acceptors (Lipinski definition) is 1. The minimum absolute atomic E-state index is 0.282. The largest absolute Gasteiger partial charge is 0.330 e. The van der Waals surface area contributed by atoms with E-state index in [4.69, 9.17) is 5.73 Å². The van der Waals surface area contributed by atoms with Crippen molar-refractivity contribution in [3.05, 3.63) is 34.3 Å². The molecule has 0 aliphatic heterocycles. The Morgan fingerprint density at radius 1 is 1.25 bits per heavy atom. The lowest BCUT2D eigenvalue weighted by Crippen LogP contribution is -2.56. The van der Waals surface area contributed by atoms with Gasteiger partial charge in [-0.15, -0.1) is 0 Å². The molecule has 3 rings (SSSR count). The highest BCUT2D eigenvalue weighted by atomic mass is 79.9. The molecule has 86 valence electrons. The highest BCUT2D eigenvalue weighted by molar-refractivity contribution is 9.10. The zero-order valence-electron chi connectivity index (χ0n) is 9.51. The Bertz CT molecular complexity index is 401. The number of halogens is 1. The monoisotopic (exact) mass is 279 g/mol. The fourth-order valence-electron chi connectivity index (χ4n) is 3.70. The summed E-state index contributed by atoms with van der Waals surface area (Å²) in [7, 11) is 0. The maximum atomic E-state index is 6.04. The Hall–Kier alpha value is -0.340. The molecule has 2 saturated carbocycles. The second kappa shape index (κ2) is 3.58. The normalized spacial score (nSPS) is 24.9. The fraction of sp³-hybridized carbons (Fsp3) is 0.571. The molecule has 0 amide bonds. The van der Waals surface area contributed by atoms with Gasteiger partial charge in [0, 0.05) is 16.4 Å². The van der Waals surface area contributed by atoms with Crippen LogP contribution in [0, 0.1) is 5.41 Å². The van der Waals surface area contributed by atoms with Crippen LogP contribution in [0.25, 0.3) is 0 Å². The van der Waals surface area contributed by atoms with E-state index in [1.807, 2.05) is 0 Å². The summed E-state index contributed by atoms with van der Waals surface area (Å²) in [5.74, 6) is 0. The van der Waals surface area contributed by atoms with Crippen LogP contribution in [0.4, 0.5) is 0 Å². The van der Waals surface area contributed by atoms with E-state index < -0.39 is 0 Å². The quantitative estimate of drug-likeness (QED) is 0.880. The first-order chi connectivity index (χ1) is 7.68. The highest BCUT2D eigenvalue weighted by Crippen LogP contribution is 2.64. The molecule has 0 saturated heterocycles. The summed E-state index contributed by atoms with van der Waals surface area (Å²) in [6.07, 6.45) is 6.92. The van der Waals surface area contributed by atoms with Gasteiger partial charge >= 0.3 is 0 Å². The maximum absolute atomic E-state index is 6.04. The molecule has 1 aromatic rings. The molecule has 2 aliphatic rings. The summed E-state index contributed by atoms with van der Waals surface area (Å²) in [5.41, 5.74) is 8.43.